The van der Waals surface area contributed by atoms with Crippen LogP contribution in [0, 0.1) is 10.8 Å². The molecule has 0 aliphatic carbocycles. The van der Waals surface area contributed by atoms with Crippen molar-refractivity contribution < 1.29 is 20.4 Å². The van der Waals surface area contributed by atoms with E-state index in [-0.39, 0.29) is 26.4 Å². The molecule has 0 aliphatic rings. The van der Waals surface area contributed by atoms with Gasteiger partial charge < -0.3 is 20.4 Å². The van der Waals surface area contributed by atoms with E-state index in [1.165, 1.54) is 0 Å². The van der Waals surface area contributed by atoms with Crippen molar-refractivity contribution >= 4 is 0 Å². The molecule has 0 bridgehead atoms. The van der Waals surface area contributed by atoms with Crippen LogP contribution in [-0.4, -0.2) is 46.9 Å². The Morgan fingerprint density at radius 2 is 0.941 bits per heavy atom. The van der Waals surface area contributed by atoms with Gasteiger partial charge in [-0.2, -0.15) is 0 Å². The number of aliphatic hydroxyl groups is 4. The Morgan fingerprint density at radius 1 is 0.647 bits per heavy atom. The third-order valence-corrected chi connectivity index (χ3v) is 4.26. The maximum absolute atomic E-state index is 9.32. The van der Waals surface area contributed by atoms with Gasteiger partial charge in [0, 0.05) is 10.8 Å². The normalized spacial score (nSPS) is 13.1. The average molecular weight is 248 g/mol. The van der Waals surface area contributed by atoms with Crippen LogP contribution in [0.25, 0.3) is 0 Å². The van der Waals surface area contributed by atoms with E-state index >= 15 is 0 Å². The monoisotopic (exact) mass is 248 g/mol. The topological polar surface area (TPSA) is 80.9 Å². The zero-order valence-electron chi connectivity index (χ0n) is 11.2. The minimum Gasteiger partial charge on any atom is -0.396 e. The van der Waals surface area contributed by atoms with Gasteiger partial charge in [0.2, 0.25) is 0 Å². The highest BCUT2D eigenvalue weighted by atomic mass is 16.3. The largest absolute Gasteiger partial charge is 0.396 e. The van der Waals surface area contributed by atoms with Crippen molar-refractivity contribution in [3.05, 3.63) is 0 Å². The molecule has 0 aliphatic heterocycles. The molecule has 0 saturated heterocycles. The fourth-order valence-corrected chi connectivity index (χ4v) is 2.06. The second-order valence-electron chi connectivity index (χ2n) is 5.19. The van der Waals surface area contributed by atoms with Crippen LogP contribution < -0.4 is 0 Å². The van der Waals surface area contributed by atoms with Crippen LogP contribution in [0.2, 0.25) is 0 Å². The summed E-state index contributed by atoms with van der Waals surface area (Å²) in [7, 11) is 0. The van der Waals surface area contributed by atoms with Crippen molar-refractivity contribution in [3.63, 3.8) is 0 Å². The van der Waals surface area contributed by atoms with Gasteiger partial charge in [0.25, 0.3) is 0 Å². The smallest absolute Gasteiger partial charge is 0.0509 e. The van der Waals surface area contributed by atoms with E-state index in [4.69, 9.17) is 0 Å². The first kappa shape index (κ1) is 16.8. The summed E-state index contributed by atoms with van der Waals surface area (Å²) in [5.41, 5.74) is -0.825. The number of rotatable bonds is 10. The average Bonchev–Trinajstić information content (AvgIpc) is 2.41. The first-order valence-corrected chi connectivity index (χ1v) is 6.51. The fraction of sp³-hybridized carbons (Fsp3) is 1.00. The highest BCUT2D eigenvalue weighted by molar-refractivity contribution is 4.80. The predicted molar refractivity (Wildman–Crippen MR) is 67.6 cm³/mol. The Kier molecular flexibility index (Phi) is 7.96. The molecule has 0 unspecified atom stereocenters. The van der Waals surface area contributed by atoms with Gasteiger partial charge in [0.15, 0.2) is 0 Å². The highest BCUT2D eigenvalue weighted by Crippen LogP contribution is 2.33. The van der Waals surface area contributed by atoms with Crippen molar-refractivity contribution in [2.45, 2.75) is 46.0 Å². The van der Waals surface area contributed by atoms with E-state index in [0.29, 0.717) is 0 Å². The predicted octanol–water partition coefficient (Wildman–Crippen LogP) is 0.919. The molecule has 0 heterocycles. The lowest BCUT2D eigenvalue weighted by Gasteiger charge is -2.32. The quantitative estimate of drug-likeness (QED) is 0.463. The Hall–Kier alpha value is -0.160. The molecule has 0 fully saturated rings. The van der Waals surface area contributed by atoms with Crippen molar-refractivity contribution in [2.24, 2.45) is 10.8 Å². The molecule has 0 radical (unpaired) electrons. The number of aliphatic hydroxyl groups excluding tert-OH is 4. The Morgan fingerprint density at radius 3 is 1.12 bits per heavy atom. The van der Waals surface area contributed by atoms with E-state index in [2.05, 4.69) is 0 Å². The second-order valence-corrected chi connectivity index (χ2v) is 5.19. The molecule has 0 saturated carbocycles. The summed E-state index contributed by atoms with van der Waals surface area (Å²) in [6, 6.07) is 0. The first-order chi connectivity index (χ1) is 8.07. The van der Waals surface area contributed by atoms with E-state index in [0.717, 1.165) is 32.1 Å². The summed E-state index contributed by atoms with van der Waals surface area (Å²) in [6.07, 6.45) is 3.70. The molecule has 4 nitrogen and oxygen atoms in total. The highest BCUT2D eigenvalue weighted by Gasteiger charge is 2.30. The zero-order chi connectivity index (χ0) is 13.4. The van der Waals surface area contributed by atoms with Gasteiger partial charge in [-0.05, 0) is 25.7 Å². The fourth-order valence-electron chi connectivity index (χ4n) is 2.06. The summed E-state index contributed by atoms with van der Waals surface area (Å²) >= 11 is 0. The van der Waals surface area contributed by atoms with Crippen LogP contribution in [0.3, 0.4) is 0 Å². The van der Waals surface area contributed by atoms with E-state index in [9.17, 15) is 20.4 Å². The summed E-state index contributed by atoms with van der Waals surface area (Å²) in [5.74, 6) is 0. The molecule has 4 heteroatoms. The summed E-state index contributed by atoms with van der Waals surface area (Å²) in [5, 5.41) is 37.3. The Balaban J connectivity index is 4.28. The maximum Gasteiger partial charge on any atom is 0.0509 e. The number of hydrogen-bond acceptors (Lipinski definition) is 4. The van der Waals surface area contributed by atoms with Crippen LogP contribution in [0.5, 0.6) is 0 Å². The van der Waals surface area contributed by atoms with E-state index in [1.807, 2.05) is 13.8 Å². The van der Waals surface area contributed by atoms with Gasteiger partial charge in [-0.25, -0.2) is 0 Å². The van der Waals surface area contributed by atoms with Crippen LogP contribution in [-0.2, 0) is 0 Å². The molecule has 0 amide bonds. The van der Waals surface area contributed by atoms with Crippen LogP contribution in [0.1, 0.15) is 46.0 Å². The third kappa shape index (κ3) is 4.54. The molecule has 4 N–H and O–H groups in total. The van der Waals surface area contributed by atoms with Gasteiger partial charge >= 0.3 is 0 Å². The third-order valence-electron chi connectivity index (χ3n) is 4.26. The minimum absolute atomic E-state index is 0.0165. The van der Waals surface area contributed by atoms with Gasteiger partial charge in [0.1, 0.15) is 0 Å². The molecule has 0 aromatic rings. The summed E-state index contributed by atoms with van der Waals surface area (Å²) in [6.45, 7) is 3.85. The zero-order valence-corrected chi connectivity index (χ0v) is 11.2. The lowest BCUT2D eigenvalue weighted by atomic mass is 9.76. The van der Waals surface area contributed by atoms with Crippen molar-refractivity contribution in [1.82, 2.24) is 0 Å². The van der Waals surface area contributed by atoms with Crippen LogP contribution >= 0.6 is 0 Å². The molecule has 104 valence electrons. The van der Waals surface area contributed by atoms with Crippen molar-refractivity contribution in [3.8, 4) is 0 Å². The molecule has 0 atom stereocenters. The molecule has 0 spiro atoms. The SMILES string of the molecule is CCC(CO)(CO)CCCC(CC)(CO)CO. The maximum atomic E-state index is 9.32. The molecule has 17 heavy (non-hydrogen) atoms. The summed E-state index contributed by atoms with van der Waals surface area (Å²) in [4.78, 5) is 0. The van der Waals surface area contributed by atoms with E-state index < -0.39 is 10.8 Å². The molecular formula is C13H28O4. The Bertz CT molecular complexity index is 149. The lowest BCUT2D eigenvalue weighted by molar-refractivity contribution is 0.0194. The molecule has 0 aromatic heterocycles. The van der Waals surface area contributed by atoms with Crippen molar-refractivity contribution in [1.29, 1.82) is 0 Å². The van der Waals surface area contributed by atoms with Gasteiger partial charge in [-0.3, -0.25) is 0 Å². The lowest BCUT2D eigenvalue weighted by Crippen LogP contribution is -2.32. The Labute approximate surface area is 104 Å². The van der Waals surface area contributed by atoms with E-state index in [1.54, 1.807) is 0 Å². The summed E-state index contributed by atoms with van der Waals surface area (Å²) < 4.78 is 0. The minimum atomic E-state index is -0.412. The molecule has 0 aromatic carbocycles. The van der Waals surface area contributed by atoms with Gasteiger partial charge in [-0.1, -0.05) is 20.3 Å². The van der Waals surface area contributed by atoms with Crippen LogP contribution in [0.4, 0.5) is 0 Å². The van der Waals surface area contributed by atoms with Gasteiger partial charge in [0.05, 0.1) is 26.4 Å². The first-order valence-electron chi connectivity index (χ1n) is 6.51. The standard InChI is InChI=1S/C13H28O4/c1-3-12(8-14,9-15)6-5-7-13(4-2,10-16)11-17/h14-17H,3-11H2,1-2H3. The molecule has 0 rings (SSSR count). The van der Waals surface area contributed by atoms with Gasteiger partial charge in [-0.15, -0.1) is 0 Å². The number of hydrogen-bond donors (Lipinski definition) is 4. The van der Waals surface area contributed by atoms with Crippen LogP contribution in [0.15, 0.2) is 0 Å². The van der Waals surface area contributed by atoms with Crippen molar-refractivity contribution in [2.75, 3.05) is 26.4 Å². The molecular weight excluding hydrogens is 220 g/mol. The second kappa shape index (κ2) is 8.03.